The fourth-order valence-electron chi connectivity index (χ4n) is 3.69. The maximum Gasteiger partial charge on any atom is 0.337 e. The van der Waals surface area contributed by atoms with Crippen LogP contribution in [-0.4, -0.2) is 24.3 Å². The van der Waals surface area contributed by atoms with Crippen LogP contribution in [0.1, 0.15) is 44.6 Å². The van der Waals surface area contributed by atoms with Gasteiger partial charge in [0.1, 0.15) is 12.4 Å². The number of allylic oxidation sites excluding steroid dienone is 3. The van der Waals surface area contributed by atoms with Gasteiger partial charge in [0.05, 0.1) is 5.57 Å². The number of esters is 2. The van der Waals surface area contributed by atoms with Gasteiger partial charge in [-0.2, -0.15) is 0 Å². The van der Waals surface area contributed by atoms with Crippen LogP contribution in [0.4, 0.5) is 0 Å². The summed E-state index contributed by atoms with van der Waals surface area (Å²) in [6.07, 6.45) is 3.50. The van der Waals surface area contributed by atoms with E-state index < -0.39 is 17.9 Å². The van der Waals surface area contributed by atoms with E-state index in [0.29, 0.717) is 29.0 Å². The molecular formula is C22H23NO5. The second kappa shape index (κ2) is 8.25. The third-order valence-corrected chi connectivity index (χ3v) is 4.80. The van der Waals surface area contributed by atoms with E-state index >= 15 is 0 Å². The smallest absolute Gasteiger partial charge is 0.337 e. The van der Waals surface area contributed by atoms with E-state index in [1.165, 1.54) is 13.0 Å². The molecule has 1 aromatic carbocycles. The Morgan fingerprint density at radius 2 is 1.96 bits per heavy atom. The molecule has 1 heterocycles. The number of Topliss-reactive ketones (excluding diaryl/α,β-unsaturated/α-hetero) is 1. The molecule has 0 radical (unpaired) electrons. The molecule has 6 nitrogen and oxygen atoms in total. The average Bonchev–Trinajstić information content (AvgIpc) is 2.65. The zero-order chi connectivity index (χ0) is 20.3. The van der Waals surface area contributed by atoms with Gasteiger partial charge in [-0.05, 0) is 37.5 Å². The van der Waals surface area contributed by atoms with Gasteiger partial charge < -0.3 is 14.8 Å². The molecule has 0 amide bonds. The van der Waals surface area contributed by atoms with Crippen molar-refractivity contribution < 1.29 is 23.9 Å². The van der Waals surface area contributed by atoms with Crippen molar-refractivity contribution in [2.45, 2.75) is 39.0 Å². The molecule has 28 heavy (non-hydrogen) atoms. The molecule has 1 aliphatic heterocycles. The quantitative estimate of drug-likeness (QED) is 0.479. The number of ether oxygens (including phenoxy) is 2. The maximum absolute atomic E-state index is 12.8. The Morgan fingerprint density at radius 1 is 1.25 bits per heavy atom. The van der Waals surface area contributed by atoms with Gasteiger partial charge in [-0.15, -0.1) is 0 Å². The number of benzene rings is 1. The van der Waals surface area contributed by atoms with E-state index in [-0.39, 0.29) is 12.4 Å². The second-order valence-electron chi connectivity index (χ2n) is 6.82. The molecule has 6 heteroatoms. The molecule has 3 rings (SSSR count). The summed E-state index contributed by atoms with van der Waals surface area (Å²) < 4.78 is 10.4. The monoisotopic (exact) mass is 381 g/mol. The van der Waals surface area contributed by atoms with E-state index in [4.69, 9.17) is 9.47 Å². The highest BCUT2D eigenvalue weighted by atomic mass is 16.5. The summed E-state index contributed by atoms with van der Waals surface area (Å²) in [5.41, 5.74) is 3.34. The lowest BCUT2D eigenvalue weighted by atomic mass is 9.75. The lowest BCUT2D eigenvalue weighted by molar-refractivity contribution is -0.138. The summed E-state index contributed by atoms with van der Waals surface area (Å²) >= 11 is 0. The molecule has 0 aromatic heterocycles. The molecule has 0 saturated carbocycles. The van der Waals surface area contributed by atoms with Crippen LogP contribution < -0.4 is 10.1 Å². The third kappa shape index (κ3) is 3.91. The summed E-state index contributed by atoms with van der Waals surface area (Å²) in [5.74, 6) is -0.974. The van der Waals surface area contributed by atoms with E-state index in [2.05, 4.69) is 11.9 Å². The number of dihydropyridines is 1. The molecule has 0 bridgehead atoms. The Morgan fingerprint density at radius 3 is 2.61 bits per heavy atom. The molecule has 0 fully saturated rings. The van der Waals surface area contributed by atoms with Gasteiger partial charge in [0.25, 0.3) is 0 Å². The van der Waals surface area contributed by atoms with E-state index in [9.17, 15) is 14.4 Å². The molecule has 0 saturated heterocycles. The maximum atomic E-state index is 12.8. The van der Waals surface area contributed by atoms with Crippen LogP contribution in [0.15, 0.2) is 59.5 Å². The van der Waals surface area contributed by atoms with Gasteiger partial charge in [0, 0.05) is 36.2 Å². The van der Waals surface area contributed by atoms with Crippen LogP contribution in [0.3, 0.4) is 0 Å². The average molecular weight is 381 g/mol. The minimum Gasteiger partial charge on any atom is -0.458 e. The van der Waals surface area contributed by atoms with Gasteiger partial charge >= 0.3 is 11.9 Å². The largest absolute Gasteiger partial charge is 0.458 e. The number of nitrogens with one attached hydrogen (secondary N) is 1. The highest BCUT2D eigenvalue weighted by molar-refractivity contribution is 6.03. The standard InChI is InChI=1S/C22H23NO5/c1-4-12-27-22(26)19-13(2)23-17-6-5-7-18(25)21(17)20(19)15-8-10-16(11-9-15)28-14(3)24/h4,8-11,20,23H,1,5-7,12H2,2-3H3. The topological polar surface area (TPSA) is 81.7 Å². The van der Waals surface area contributed by atoms with Crippen LogP contribution >= 0.6 is 0 Å². The van der Waals surface area contributed by atoms with E-state index in [1.807, 2.05) is 6.92 Å². The first-order valence-electron chi connectivity index (χ1n) is 9.22. The molecule has 1 aliphatic carbocycles. The Balaban J connectivity index is 2.06. The molecule has 1 N–H and O–H groups in total. The number of hydrogen-bond donors (Lipinski definition) is 1. The van der Waals surface area contributed by atoms with Crippen LogP contribution in [-0.2, 0) is 19.1 Å². The van der Waals surface area contributed by atoms with Gasteiger partial charge in [0.15, 0.2) is 5.78 Å². The zero-order valence-corrected chi connectivity index (χ0v) is 16.0. The minimum absolute atomic E-state index is 0.0318. The molecule has 1 atom stereocenters. The fraction of sp³-hybridized carbons (Fsp3) is 0.318. The Kier molecular flexibility index (Phi) is 5.78. The molecular weight excluding hydrogens is 358 g/mol. The summed E-state index contributed by atoms with van der Waals surface area (Å²) in [4.78, 5) is 36.7. The van der Waals surface area contributed by atoms with Gasteiger partial charge in [-0.25, -0.2) is 4.79 Å². The van der Waals surface area contributed by atoms with E-state index in [0.717, 1.165) is 24.1 Å². The predicted octanol–water partition coefficient (Wildman–Crippen LogP) is 3.31. The first-order valence-corrected chi connectivity index (χ1v) is 9.22. The van der Waals surface area contributed by atoms with Crippen LogP contribution in [0, 0.1) is 0 Å². The summed E-state index contributed by atoms with van der Waals surface area (Å²) in [5, 5.41) is 3.24. The highest BCUT2D eigenvalue weighted by Crippen LogP contribution is 2.42. The molecule has 146 valence electrons. The van der Waals surface area contributed by atoms with Crippen molar-refractivity contribution in [2.24, 2.45) is 0 Å². The summed E-state index contributed by atoms with van der Waals surface area (Å²) in [6, 6.07) is 6.87. The molecule has 1 unspecified atom stereocenters. The first-order chi connectivity index (χ1) is 13.4. The first kappa shape index (κ1) is 19.6. The lowest BCUT2D eigenvalue weighted by Crippen LogP contribution is -2.34. The SMILES string of the molecule is C=CCOC(=O)C1=C(C)NC2=C(C(=O)CCC2)C1c1ccc(OC(C)=O)cc1. The molecule has 0 spiro atoms. The predicted molar refractivity (Wildman–Crippen MR) is 103 cm³/mol. The van der Waals surface area contributed by atoms with Gasteiger partial charge in [0.2, 0.25) is 0 Å². The number of hydrogen-bond acceptors (Lipinski definition) is 6. The van der Waals surface area contributed by atoms with Crippen molar-refractivity contribution in [2.75, 3.05) is 6.61 Å². The lowest BCUT2D eigenvalue weighted by Gasteiger charge is -2.34. The van der Waals surface area contributed by atoms with E-state index in [1.54, 1.807) is 24.3 Å². The number of rotatable bonds is 5. The summed E-state index contributed by atoms with van der Waals surface area (Å²) in [7, 11) is 0. The molecule has 1 aromatic rings. The highest BCUT2D eigenvalue weighted by Gasteiger charge is 2.39. The van der Waals surface area contributed by atoms with Crippen LogP contribution in [0.5, 0.6) is 5.75 Å². The Bertz CT molecular complexity index is 892. The van der Waals surface area contributed by atoms with Crippen molar-refractivity contribution in [1.29, 1.82) is 0 Å². The molecule has 2 aliphatic rings. The van der Waals surface area contributed by atoms with Gasteiger partial charge in [-0.3, -0.25) is 9.59 Å². The Labute approximate surface area is 163 Å². The third-order valence-electron chi connectivity index (χ3n) is 4.80. The number of ketones is 1. The van der Waals surface area contributed by atoms with Crippen molar-refractivity contribution in [3.05, 3.63) is 65.0 Å². The van der Waals surface area contributed by atoms with Crippen molar-refractivity contribution >= 4 is 17.7 Å². The Hall–Kier alpha value is -3.15. The van der Waals surface area contributed by atoms with Crippen molar-refractivity contribution in [3.63, 3.8) is 0 Å². The normalized spacial score (nSPS) is 18.9. The number of carbonyl (C=O) groups excluding carboxylic acids is 3. The summed E-state index contributed by atoms with van der Waals surface area (Å²) in [6.45, 7) is 6.81. The fourth-order valence-corrected chi connectivity index (χ4v) is 3.69. The zero-order valence-electron chi connectivity index (χ0n) is 16.0. The number of carbonyl (C=O) groups is 3. The second-order valence-corrected chi connectivity index (χ2v) is 6.82. The van der Waals surface area contributed by atoms with Crippen molar-refractivity contribution in [3.8, 4) is 5.75 Å². The van der Waals surface area contributed by atoms with Gasteiger partial charge in [-0.1, -0.05) is 24.8 Å². The van der Waals surface area contributed by atoms with Crippen LogP contribution in [0.25, 0.3) is 0 Å². The van der Waals surface area contributed by atoms with Crippen LogP contribution in [0.2, 0.25) is 0 Å². The minimum atomic E-state index is -0.521. The van der Waals surface area contributed by atoms with Crippen molar-refractivity contribution in [1.82, 2.24) is 5.32 Å².